The van der Waals surface area contributed by atoms with Gasteiger partial charge in [0.25, 0.3) is 10.0 Å². The molecule has 0 aliphatic heterocycles. The van der Waals surface area contributed by atoms with Crippen molar-refractivity contribution < 1.29 is 22.4 Å². The largest absolute Gasteiger partial charge is 0.473 e. The molecule has 9 nitrogen and oxygen atoms in total. The van der Waals surface area contributed by atoms with Gasteiger partial charge in [-0.1, -0.05) is 32.0 Å². The molecule has 1 aromatic carbocycles. The fraction of sp³-hybridized carbons (Fsp3) is 0.393. The maximum atomic E-state index is 11.3. The minimum atomic E-state index is -3.43. The summed E-state index contributed by atoms with van der Waals surface area (Å²) in [7, 11) is 0.0995. The minimum absolute atomic E-state index is 0.0452. The van der Waals surface area contributed by atoms with E-state index in [1.807, 2.05) is 69.5 Å². The van der Waals surface area contributed by atoms with Crippen molar-refractivity contribution >= 4 is 38.3 Å². The fourth-order valence-corrected chi connectivity index (χ4v) is 5.05. The third kappa shape index (κ3) is 10.1. The zero-order chi connectivity index (χ0) is 29.2. The predicted molar refractivity (Wildman–Crippen MR) is 156 cm³/mol. The SMILES string of the molecule is CC(C)C(=O)N(C)C.CC(C)NS(=O)(=O)c1ccco1.CC(C)Oc1nc2ccccc2nc1-c1cccs1. The Labute approximate surface area is 235 Å². The second-order valence-electron chi connectivity index (χ2n) is 9.61. The van der Waals surface area contributed by atoms with Crippen LogP contribution in [0.2, 0.25) is 0 Å². The number of thiophene rings is 1. The second-order valence-corrected chi connectivity index (χ2v) is 12.2. The van der Waals surface area contributed by atoms with E-state index in [0.29, 0.717) is 5.88 Å². The zero-order valence-corrected chi connectivity index (χ0v) is 25.3. The van der Waals surface area contributed by atoms with Gasteiger partial charge in [0.05, 0.1) is 28.3 Å². The molecule has 39 heavy (non-hydrogen) atoms. The molecular formula is C28H38N4O5S2. The molecule has 0 bridgehead atoms. The van der Waals surface area contributed by atoms with E-state index in [2.05, 4.69) is 9.71 Å². The first kappa shape index (κ1) is 31.9. The summed E-state index contributed by atoms with van der Waals surface area (Å²) in [6.07, 6.45) is 1.41. The number of fused-ring (bicyclic) bond motifs is 1. The number of ether oxygens (including phenoxy) is 1. The number of hydrogen-bond acceptors (Lipinski definition) is 8. The molecule has 4 rings (SSSR count). The number of amides is 1. The normalized spacial score (nSPS) is 11.2. The van der Waals surface area contributed by atoms with E-state index in [-0.39, 0.29) is 29.1 Å². The highest BCUT2D eigenvalue weighted by Gasteiger charge is 2.17. The van der Waals surface area contributed by atoms with Crippen LogP contribution in [0.1, 0.15) is 41.5 Å². The molecule has 3 heterocycles. The molecule has 0 fully saturated rings. The molecule has 0 spiro atoms. The Morgan fingerprint density at radius 2 is 1.59 bits per heavy atom. The molecule has 0 saturated heterocycles. The van der Waals surface area contributed by atoms with Gasteiger partial charge in [0.2, 0.25) is 16.9 Å². The lowest BCUT2D eigenvalue weighted by Crippen LogP contribution is -2.29. The molecule has 0 unspecified atom stereocenters. The lowest BCUT2D eigenvalue weighted by Gasteiger charge is -2.12. The molecule has 1 amide bonds. The Bertz CT molecular complexity index is 1390. The predicted octanol–water partition coefficient (Wildman–Crippen LogP) is 5.84. The minimum Gasteiger partial charge on any atom is -0.473 e. The van der Waals surface area contributed by atoms with Crippen LogP contribution in [0.3, 0.4) is 0 Å². The Morgan fingerprint density at radius 3 is 2.03 bits per heavy atom. The molecule has 212 valence electrons. The summed E-state index contributed by atoms with van der Waals surface area (Å²) >= 11 is 1.64. The van der Waals surface area contributed by atoms with Crippen molar-refractivity contribution in [1.82, 2.24) is 19.6 Å². The van der Waals surface area contributed by atoms with Gasteiger partial charge in [0, 0.05) is 26.1 Å². The molecule has 0 atom stereocenters. The van der Waals surface area contributed by atoms with Crippen LogP contribution >= 0.6 is 11.3 Å². The molecule has 0 saturated carbocycles. The van der Waals surface area contributed by atoms with Crippen LogP contribution in [0, 0.1) is 5.92 Å². The number of nitrogens with zero attached hydrogens (tertiary/aromatic N) is 3. The van der Waals surface area contributed by atoms with Crippen LogP contribution in [0.15, 0.2) is 69.7 Å². The first-order valence-corrected chi connectivity index (χ1v) is 14.9. The van der Waals surface area contributed by atoms with Crippen LogP contribution in [0.4, 0.5) is 0 Å². The van der Waals surface area contributed by atoms with Gasteiger partial charge in [-0.05, 0) is 63.4 Å². The van der Waals surface area contributed by atoms with Gasteiger partial charge >= 0.3 is 0 Å². The van der Waals surface area contributed by atoms with Crippen molar-refractivity contribution in [1.29, 1.82) is 0 Å². The summed E-state index contributed by atoms with van der Waals surface area (Å²) in [4.78, 5) is 22.7. The summed E-state index contributed by atoms with van der Waals surface area (Å²) in [6.45, 7) is 11.3. The lowest BCUT2D eigenvalue weighted by molar-refractivity contribution is -0.131. The molecule has 0 aliphatic carbocycles. The maximum Gasteiger partial charge on any atom is 0.274 e. The average molecular weight is 575 g/mol. The Morgan fingerprint density at radius 1 is 0.949 bits per heavy atom. The lowest BCUT2D eigenvalue weighted by atomic mass is 10.2. The van der Waals surface area contributed by atoms with E-state index in [4.69, 9.17) is 14.1 Å². The van der Waals surface area contributed by atoms with Crippen molar-refractivity contribution in [3.8, 4) is 16.5 Å². The summed E-state index contributed by atoms with van der Waals surface area (Å²) in [5.41, 5.74) is 2.57. The number of nitrogens with one attached hydrogen (secondary N) is 1. The van der Waals surface area contributed by atoms with Gasteiger partial charge in [0.1, 0.15) is 5.69 Å². The van der Waals surface area contributed by atoms with Crippen LogP contribution in [-0.2, 0) is 14.8 Å². The first-order valence-electron chi connectivity index (χ1n) is 12.6. The van der Waals surface area contributed by atoms with E-state index < -0.39 is 10.0 Å². The van der Waals surface area contributed by atoms with Gasteiger partial charge in [-0.2, -0.15) is 0 Å². The van der Waals surface area contributed by atoms with Crippen molar-refractivity contribution in [2.75, 3.05) is 14.1 Å². The molecule has 3 aromatic heterocycles. The van der Waals surface area contributed by atoms with Gasteiger partial charge < -0.3 is 14.1 Å². The van der Waals surface area contributed by atoms with E-state index in [0.717, 1.165) is 21.6 Å². The van der Waals surface area contributed by atoms with Crippen molar-refractivity contribution in [3.05, 3.63) is 60.2 Å². The highest BCUT2D eigenvalue weighted by molar-refractivity contribution is 7.89. The highest BCUT2D eigenvalue weighted by atomic mass is 32.2. The van der Waals surface area contributed by atoms with Gasteiger partial charge in [-0.3, -0.25) is 4.79 Å². The Balaban J connectivity index is 0.000000229. The third-order valence-corrected chi connectivity index (χ3v) is 7.15. The zero-order valence-electron chi connectivity index (χ0n) is 23.7. The summed E-state index contributed by atoms with van der Waals surface area (Å²) in [5, 5.41) is 1.99. The monoisotopic (exact) mass is 574 g/mol. The first-order chi connectivity index (χ1) is 18.3. The topological polar surface area (TPSA) is 115 Å². The van der Waals surface area contributed by atoms with Crippen LogP contribution in [0.25, 0.3) is 21.6 Å². The third-order valence-electron chi connectivity index (χ3n) is 4.73. The van der Waals surface area contributed by atoms with E-state index in [9.17, 15) is 13.2 Å². The quantitative estimate of drug-likeness (QED) is 0.295. The number of para-hydroxylation sites is 2. The fourth-order valence-electron chi connectivity index (χ4n) is 3.16. The number of sulfonamides is 1. The van der Waals surface area contributed by atoms with Gasteiger partial charge in [-0.15, -0.1) is 11.3 Å². The maximum absolute atomic E-state index is 11.3. The van der Waals surface area contributed by atoms with E-state index in [1.165, 1.54) is 18.4 Å². The molecule has 4 aromatic rings. The van der Waals surface area contributed by atoms with Gasteiger partial charge in [0.15, 0.2) is 0 Å². The number of benzene rings is 1. The number of aromatic nitrogens is 2. The Hall–Kier alpha value is -3.28. The van der Waals surface area contributed by atoms with Gasteiger partial charge in [-0.25, -0.2) is 23.1 Å². The molecular weight excluding hydrogens is 536 g/mol. The number of hydrogen-bond donors (Lipinski definition) is 1. The number of carbonyl (C=O) groups is 1. The smallest absolute Gasteiger partial charge is 0.274 e. The van der Waals surface area contributed by atoms with E-state index >= 15 is 0 Å². The van der Waals surface area contributed by atoms with Crippen molar-refractivity contribution in [2.24, 2.45) is 5.92 Å². The second kappa shape index (κ2) is 14.8. The summed E-state index contributed by atoms with van der Waals surface area (Å²) < 4.78 is 35.6. The Kier molecular flexibility index (Phi) is 12.1. The molecule has 1 N–H and O–H groups in total. The van der Waals surface area contributed by atoms with Crippen molar-refractivity contribution in [2.45, 2.75) is 58.8 Å². The summed E-state index contributed by atoms with van der Waals surface area (Å²) in [5.74, 6) is 0.922. The highest BCUT2D eigenvalue weighted by Crippen LogP contribution is 2.32. The van der Waals surface area contributed by atoms with E-state index in [1.54, 1.807) is 44.2 Å². The standard InChI is InChI=1S/C15H14N2OS.C7H11NO3S.C6H13NO/c1-10(2)18-15-14(13-8-5-9-19-13)16-11-6-3-4-7-12(11)17-15;1-6(2)8-12(9,10)7-4-3-5-11-7;1-5(2)6(8)7(3)4/h3-10H,1-2H3;3-6,8H,1-2H3;5H,1-4H3. The molecule has 11 heteroatoms. The number of carbonyl (C=O) groups excluding carboxylic acids is 1. The van der Waals surface area contributed by atoms with Crippen LogP contribution in [-0.4, -0.2) is 55.4 Å². The van der Waals surface area contributed by atoms with Crippen LogP contribution < -0.4 is 9.46 Å². The number of furan rings is 1. The summed E-state index contributed by atoms with van der Waals surface area (Å²) in [6, 6.07) is 14.7. The molecule has 0 radical (unpaired) electrons. The number of rotatable bonds is 7. The van der Waals surface area contributed by atoms with Crippen LogP contribution in [0.5, 0.6) is 5.88 Å². The molecule has 0 aliphatic rings. The average Bonchev–Trinajstić information content (AvgIpc) is 3.58. The van der Waals surface area contributed by atoms with Crippen molar-refractivity contribution in [3.63, 3.8) is 0 Å².